The molecule has 9 heteroatoms. The first-order valence-electron chi connectivity index (χ1n) is 7.78. The highest BCUT2D eigenvalue weighted by atomic mass is 32.2. The number of halogens is 3. The fraction of sp³-hybridized carbons (Fsp3) is 0.867. The Morgan fingerprint density at radius 1 is 1.21 bits per heavy atom. The molecule has 0 N–H and O–H groups in total. The smallest absolute Gasteiger partial charge is 0.410 e. The van der Waals surface area contributed by atoms with Crippen LogP contribution in [0.15, 0.2) is 11.8 Å². The van der Waals surface area contributed by atoms with Crippen LogP contribution in [0.5, 0.6) is 0 Å². The van der Waals surface area contributed by atoms with Gasteiger partial charge in [0.25, 0.3) is 0 Å². The van der Waals surface area contributed by atoms with E-state index in [1.165, 1.54) is 6.08 Å². The van der Waals surface area contributed by atoms with Crippen molar-refractivity contribution in [3.8, 4) is 0 Å². The van der Waals surface area contributed by atoms with E-state index >= 15 is 0 Å². The standard InChI is InChI=1S/C15H27F3O4SSi/c1-13(2,3)24(6,7)22-12-10-11(8-9-14(12,4)5)21-23(19,20)15(16,17)18/h10,12H,8-9H2,1-7H3. The normalized spacial score (nSPS) is 22.9. The first-order chi connectivity index (χ1) is 10.4. The van der Waals surface area contributed by atoms with Gasteiger partial charge in [0, 0.05) is 6.42 Å². The zero-order valence-electron chi connectivity index (χ0n) is 15.2. The molecule has 24 heavy (non-hydrogen) atoms. The van der Waals surface area contributed by atoms with Crippen LogP contribution < -0.4 is 0 Å². The van der Waals surface area contributed by atoms with Crippen molar-refractivity contribution < 1.29 is 30.2 Å². The van der Waals surface area contributed by atoms with Gasteiger partial charge in [-0.2, -0.15) is 21.6 Å². The molecule has 0 aromatic carbocycles. The van der Waals surface area contributed by atoms with E-state index in [9.17, 15) is 21.6 Å². The lowest BCUT2D eigenvalue weighted by atomic mass is 9.78. The SMILES string of the molecule is CC1(C)CCC(OS(=O)(=O)C(F)(F)F)=CC1O[Si](C)(C)C(C)(C)C. The van der Waals surface area contributed by atoms with Crippen LogP contribution in [0.3, 0.4) is 0 Å². The maximum Gasteiger partial charge on any atom is 0.534 e. The second-order valence-corrected chi connectivity index (χ2v) is 14.7. The lowest BCUT2D eigenvalue weighted by Gasteiger charge is -2.45. The highest BCUT2D eigenvalue weighted by Crippen LogP contribution is 2.44. The Hall–Kier alpha value is -0.543. The second-order valence-electron chi connectivity index (χ2n) is 8.40. The summed E-state index contributed by atoms with van der Waals surface area (Å²) in [5.41, 5.74) is -5.75. The van der Waals surface area contributed by atoms with E-state index in [0.717, 1.165) is 0 Å². The number of allylic oxidation sites excluding steroid dienone is 1. The molecule has 0 aliphatic heterocycles. The molecule has 4 nitrogen and oxygen atoms in total. The maximum atomic E-state index is 12.5. The highest BCUT2D eigenvalue weighted by molar-refractivity contribution is 7.87. The van der Waals surface area contributed by atoms with Gasteiger partial charge in [-0.3, -0.25) is 0 Å². The Balaban J connectivity index is 3.10. The van der Waals surface area contributed by atoms with E-state index in [1.54, 1.807) is 0 Å². The minimum absolute atomic E-state index is 0.0760. The van der Waals surface area contributed by atoms with Crippen LogP contribution in [-0.4, -0.2) is 28.3 Å². The fourth-order valence-electron chi connectivity index (χ4n) is 2.01. The minimum atomic E-state index is -5.64. The Morgan fingerprint density at radius 3 is 2.12 bits per heavy atom. The molecule has 0 saturated heterocycles. The van der Waals surface area contributed by atoms with Gasteiger partial charge >= 0.3 is 15.6 Å². The molecule has 1 rings (SSSR count). The van der Waals surface area contributed by atoms with Crippen molar-refractivity contribution in [1.82, 2.24) is 0 Å². The summed E-state index contributed by atoms with van der Waals surface area (Å²) in [4.78, 5) is 0. The molecule has 0 heterocycles. The molecule has 0 spiro atoms. The molecule has 0 aromatic rings. The van der Waals surface area contributed by atoms with E-state index in [1.807, 2.05) is 26.9 Å². The largest absolute Gasteiger partial charge is 0.534 e. The second kappa shape index (κ2) is 6.32. The quantitative estimate of drug-likeness (QED) is 0.389. The topological polar surface area (TPSA) is 52.6 Å². The van der Waals surface area contributed by atoms with Gasteiger partial charge in [0.1, 0.15) is 5.76 Å². The maximum absolute atomic E-state index is 12.5. The Kier molecular flexibility index (Phi) is 5.66. The Bertz CT molecular complexity index is 601. The van der Waals surface area contributed by atoms with Crippen LogP contribution in [0.4, 0.5) is 13.2 Å². The molecular weight excluding hydrogens is 361 g/mol. The molecule has 0 fully saturated rings. The minimum Gasteiger partial charge on any atom is -0.410 e. The zero-order chi connectivity index (χ0) is 19.2. The molecule has 1 aliphatic rings. The monoisotopic (exact) mass is 388 g/mol. The summed E-state index contributed by atoms with van der Waals surface area (Å²) in [5.74, 6) is -0.199. The van der Waals surface area contributed by atoms with E-state index in [0.29, 0.717) is 6.42 Å². The van der Waals surface area contributed by atoms with E-state index in [4.69, 9.17) is 4.43 Å². The molecule has 0 saturated carbocycles. The average Bonchev–Trinajstić information content (AvgIpc) is 2.30. The van der Waals surface area contributed by atoms with Crippen LogP contribution >= 0.6 is 0 Å². The molecule has 0 bridgehead atoms. The summed E-state index contributed by atoms with van der Waals surface area (Å²) >= 11 is 0. The van der Waals surface area contributed by atoms with Crippen LogP contribution in [0.2, 0.25) is 18.1 Å². The highest BCUT2D eigenvalue weighted by Gasteiger charge is 2.50. The number of hydrogen-bond donors (Lipinski definition) is 0. The summed E-state index contributed by atoms with van der Waals surface area (Å²) in [6, 6.07) is 0. The predicted octanol–water partition coefficient (Wildman–Crippen LogP) is 4.95. The summed E-state index contributed by atoms with van der Waals surface area (Å²) in [7, 11) is -7.82. The van der Waals surface area contributed by atoms with E-state index in [-0.39, 0.29) is 22.6 Å². The third kappa shape index (κ3) is 4.75. The van der Waals surface area contributed by atoms with Crippen molar-refractivity contribution in [1.29, 1.82) is 0 Å². The van der Waals surface area contributed by atoms with Crippen LogP contribution in [-0.2, 0) is 18.7 Å². The van der Waals surface area contributed by atoms with Gasteiger partial charge in [0.2, 0.25) is 0 Å². The Morgan fingerprint density at radius 2 is 1.71 bits per heavy atom. The molecule has 142 valence electrons. The van der Waals surface area contributed by atoms with E-state index in [2.05, 4.69) is 25.0 Å². The third-order valence-corrected chi connectivity index (χ3v) is 10.3. The Labute approximate surface area is 143 Å². The van der Waals surface area contributed by atoms with Crippen molar-refractivity contribution in [2.45, 2.75) is 77.2 Å². The molecule has 0 amide bonds. The average molecular weight is 389 g/mol. The van der Waals surface area contributed by atoms with E-state index < -0.39 is 30.0 Å². The van der Waals surface area contributed by atoms with Crippen LogP contribution in [0, 0.1) is 5.41 Å². The predicted molar refractivity (Wildman–Crippen MR) is 89.2 cm³/mol. The van der Waals surface area contributed by atoms with Crippen molar-refractivity contribution in [2.24, 2.45) is 5.41 Å². The third-order valence-electron chi connectivity index (χ3n) is 4.85. The summed E-state index contributed by atoms with van der Waals surface area (Å²) in [6.45, 7) is 14.2. The number of hydrogen-bond acceptors (Lipinski definition) is 4. The van der Waals surface area contributed by atoms with Crippen LogP contribution in [0.25, 0.3) is 0 Å². The molecule has 0 radical (unpaired) electrons. The first-order valence-corrected chi connectivity index (χ1v) is 12.1. The summed E-state index contributed by atoms with van der Waals surface area (Å²) in [5, 5.41) is -0.0760. The zero-order valence-corrected chi connectivity index (χ0v) is 17.1. The molecule has 1 unspecified atom stereocenters. The first kappa shape index (κ1) is 21.5. The van der Waals surface area contributed by atoms with Gasteiger partial charge in [-0.15, -0.1) is 0 Å². The van der Waals surface area contributed by atoms with Crippen molar-refractivity contribution in [3.63, 3.8) is 0 Å². The van der Waals surface area contributed by atoms with Crippen molar-refractivity contribution in [2.75, 3.05) is 0 Å². The lowest BCUT2D eigenvalue weighted by Crippen LogP contribution is -2.48. The van der Waals surface area contributed by atoms with Crippen molar-refractivity contribution in [3.05, 3.63) is 11.8 Å². The molecule has 1 aliphatic carbocycles. The number of alkyl halides is 3. The van der Waals surface area contributed by atoms with Gasteiger partial charge in [0.05, 0.1) is 6.10 Å². The lowest BCUT2D eigenvalue weighted by molar-refractivity contribution is -0.0528. The molecule has 1 atom stereocenters. The summed E-state index contributed by atoms with van der Waals surface area (Å²) < 4.78 is 70.5. The number of rotatable bonds is 4. The van der Waals surface area contributed by atoms with Gasteiger partial charge in [-0.1, -0.05) is 34.6 Å². The van der Waals surface area contributed by atoms with Crippen LogP contribution in [0.1, 0.15) is 47.5 Å². The molecule has 0 aromatic heterocycles. The van der Waals surface area contributed by atoms with Crippen molar-refractivity contribution >= 4 is 18.4 Å². The van der Waals surface area contributed by atoms with Gasteiger partial charge in [0.15, 0.2) is 8.32 Å². The van der Waals surface area contributed by atoms with Gasteiger partial charge in [-0.25, -0.2) is 0 Å². The van der Waals surface area contributed by atoms with Gasteiger partial charge < -0.3 is 8.61 Å². The van der Waals surface area contributed by atoms with Gasteiger partial charge in [-0.05, 0) is 36.0 Å². The fourth-order valence-corrected chi connectivity index (χ4v) is 3.90. The summed E-state index contributed by atoms with van der Waals surface area (Å²) in [6.07, 6.45) is 1.50. The molecular formula is C15H27F3O4SSi.